The van der Waals surface area contributed by atoms with E-state index in [1.54, 1.807) is 12.1 Å². The molecule has 8 heteroatoms. The lowest BCUT2D eigenvalue weighted by atomic mass is 10.3. The molecule has 0 aliphatic heterocycles. The van der Waals surface area contributed by atoms with Gasteiger partial charge in [0.2, 0.25) is 15.9 Å². The number of rotatable bonds is 5. The van der Waals surface area contributed by atoms with Crippen LogP contribution in [0.1, 0.15) is 5.56 Å². The summed E-state index contributed by atoms with van der Waals surface area (Å²) < 4.78 is 31.5. The number of nitrogens with one attached hydrogen (secondary N) is 1. The van der Waals surface area contributed by atoms with Crippen LogP contribution in [-0.4, -0.2) is 25.5 Å². The van der Waals surface area contributed by atoms with E-state index in [1.807, 2.05) is 0 Å². The summed E-state index contributed by atoms with van der Waals surface area (Å²) in [6.45, 7) is 0.105. The largest absolute Gasteiger partial charge is 0.481 e. The van der Waals surface area contributed by atoms with E-state index in [-0.39, 0.29) is 17.3 Å². The molecule has 20 heavy (non-hydrogen) atoms. The zero-order chi connectivity index (χ0) is 14.6. The maximum atomic E-state index is 12.1. The highest BCUT2D eigenvalue weighted by atomic mass is 32.2. The van der Waals surface area contributed by atoms with Crippen molar-refractivity contribution < 1.29 is 13.2 Å². The number of nitrogens with two attached hydrogens (primary N) is 1. The summed E-state index contributed by atoms with van der Waals surface area (Å²) in [6, 6.07) is 6.29. The highest BCUT2D eigenvalue weighted by Gasteiger charge is 2.17. The molecule has 0 fully saturated rings. The van der Waals surface area contributed by atoms with Crippen LogP contribution in [0.3, 0.4) is 0 Å². The van der Waals surface area contributed by atoms with Crippen LogP contribution in [0, 0.1) is 0 Å². The molecule has 0 amide bonds. The van der Waals surface area contributed by atoms with Gasteiger partial charge in [0.25, 0.3) is 0 Å². The third kappa shape index (κ3) is 3.22. The molecule has 3 N–H and O–H groups in total. The monoisotopic (exact) mass is 294 g/mol. The lowest BCUT2D eigenvalue weighted by Crippen LogP contribution is -2.24. The summed E-state index contributed by atoms with van der Waals surface area (Å²) >= 11 is 0. The van der Waals surface area contributed by atoms with Crippen LogP contribution in [0.25, 0.3) is 0 Å². The second-order valence-corrected chi connectivity index (χ2v) is 5.66. The van der Waals surface area contributed by atoms with Gasteiger partial charge in [0.1, 0.15) is 10.7 Å². The van der Waals surface area contributed by atoms with E-state index in [1.165, 1.54) is 31.6 Å². The van der Waals surface area contributed by atoms with Gasteiger partial charge in [-0.3, -0.25) is 0 Å². The van der Waals surface area contributed by atoms with E-state index in [0.29, 0.717) is 11.4 Å². The molecule has 0 radical (unpaired) electrons. The van der Waals surface area contributed by atoms with E-state index in [4.69, 9.17) is 10.5 Å². The SMILES string of the molecule is COc1ccc(CNS(=O)(=O)c2cccnc2N)cn1. The van der Waals surface area contributed by atoms with Crippen LogP contribution in [-0.2, 0) is 16.6 Å². The lowest BCUT2D eigenvalue weighted by Gasteiger charge is -2.08. The topological polar surface area (TPSA) is 107 Å². The Morgan fingerprint density at radius 3 is 2.70 bits per heavy atom. The molecule has 0 spiro atoms. The maximum absolute atomic E-state index is 12.1. The molecule has 0 aromatic carbocycles. The van der Waals surface area contributed by atoms with E-state index in [9.17, 15) is 8.42 Å². The third-order valence-corrected chi connectivity index (χ3v) is 4.01. The van der Waals surface area contributed by atoms with Gasteiger partial charge in [0.05, 0.1) is 7.11 Å². The van der Waals surface area contributed by atoms with Crippen molar-refractivity contribution in [2.24, 2.45) is 0 Å². The molecule has 2 heterocycles. The summed E-state index contributed by atoms with van der Waals surface area (Å²) in [7, 11) is -2.19. The fourth-order valence-electron chi connectivity index (χ4n) is 1.52. The molecule has 0 aliphatic carbocycles. The summed E-state index contributed by atoms with van der Waals surface area (Å²) in [5, 5.41) is 0. The molecular formula is C12H14N4O3S. The summed E-state index contributed by atoms with van der Waals surface area (Å²) in [6.07, 6.45) is 2.97. The zero-order valence-corrected chi connectivity index (χ0v) is 11.6. The van der Waals surface area contributed by atoms with Crippen LogP contribution in [0.2, 0.25) is 0 Å². The van der Waals surface area contributed by atoms with Gasteiger partial charge in [-0.05, 0) is 17.7 Å². The first kappa shape index (κ1) is 14.2. The minimum absolute atomic E-state index is 0.0344. The fourth-order valence-corrected chi connectivity index (χ4v) is 2.62. The first-order valence-corrected chi connectivity index (χ1v) is 7.20. The average Bonchev–Trinajstić information content (AvgIpc) is 2.46. The quantitative estimate of drug-likeness (QED) is 0.833. The summed E-state index contributed by atoms with van der Waals surface area (Å²) in [4.78, 5) is 7.71. The number of nitrogen functional groups attached to an aromatic ring is 1. The number of hydrogen-bond acceptors (Lipinski definition) is 6. The van der Waals surface area contributed by atoms with Crippen LogP contribution < -0.4 is 15.2 Å². The number of aromatic nitrogens is 2. The summed E-state index contributed by atoms with van der Waals surface area (Å²) in [5.74, 6) is 0.431. The Morgan fingerprint density at radius 2 is 2.10 bits per heavy atom. The Labute approximate surface area is 116 Å². The van der Waals surface area contributed by atoms with Crippen LogP contribution >= 0.6 is 0 Å². The van der Waals surface area contributed by atoms with Gasteiger partial charge in [0, 0.05) is 25.0 Å². The Morgan fingerprint density at radius 1 is 1.30 bits per heavy atom. The minimum atomic E-state index is -3.70. The highest BCUT2D eigenvalue weighted by Crippen LogP contribution is 2.15. The first-order valence-electron chi connectivity index (χ1n) is 5.72. The molecule has 0 atom stereocenters. The van der Waals surface area contributed by atoms with Gasteiger partial charge < -0.3 is 10.5 Å². The Bertz CT molecular complexity index is 686. The van der Waals surface area contributed by atoms with Crippen molar-refractivity contribution in [3.8, 4) is 5.88 Å². The van der Waals surface area contributed by atoms with Gasteiger partial charge in [-0.15, -0.1) is 0 Å². The lowest BCUT2D eigenvalue weighted by molar-refractivity contribution is 0.397. The molecule has 2 rings (SSSR count). The second-order valence-electron chi connectivity index (χ2n) is 3.92. The Balaban J connectivity index is 2.11. The molecule has 0 unspecified atom stereocenters. The molecule has 0 saturated carbocycles. The van der Waals surface area contributed by atoms with Gasteiger partial charge >= 0.3 is 0 Å². The highest BCUT2D eigenvalue weighted by molar-refractivity contribution is 7.89. The van der Waals surface area contributed by atoms with E-state index >= 15 is 0 Å². The molecular weight excluding hydrogens is 280 g/mol. The predicted molar refractivity (Wildman–Crippen MR) is 73.5 cm³/mol. The van der Waals surface area contributed by atoms with E-state index < -0.39 is 10.0 Å². The van der Waals surface area contributed by atoms with Crippen molar-refractivity contribution in [1.82, 2.24) is 14.7 Å². The predicted octanol–water partition coefficient (Wildman–Crippen LogP) is 0.546. The Kier molecular flexibility index (Phi) is 4.16. The van der Waals surface area contributed by atoms with Crippen molar-refractivity contribution >= 4 is 15.8 Å². The fraction of sp³-hybridized carbons (Fsp3) is 0.167. The maximum Gasteiger partial charge on any atom is 0.244 e. The third-order valence-electron chi connectivity index (χ3n) is 2.56. The van der Waals surface area contributed by atoms with Gasteiger partial charge in [-0.2, -0.15) is 0 Å². The summed E-state index contributed by atoms with van der Waals surface area (Å²) in [5.41, 5.74) is 6.26. The molecule has 0 saturated heterocycles. The molecule has 106 valence electrons. The number of ether oxygens (including phenoxy) is 1. The molecule has 2 aromatic rings. The van der Waals surface area contributed by atoms with Crippen LogP contribution in [0.4, 0.5) is 5.82 Å². The zero-order valence-electron chi connectivity index (χ0n) is 10.8. The second kappa shape index (κ2) is 5.85. The van der Waals surface area contributed by atoms with Crippen molar-refractivity contribution in [3.05, 3.63) is 42.2 Å². The minimum Gasteiger partial charge on any atom is -0.481 e. The molecule has 0 aliphatic rings. The van der Waals surface area contributed by atoms with E-state index in [2.05, 4.69) is 14.7 Å². The van der Waals surface area contributed by atoms with Crippen molar-refractivity contribution in [2.75, 3.05) is 12.8 Å². The number of hydrogen-bond donors (Lipinski definition) is 2. The van der Waals surface area contributed by atoms with E-state index in [0.717, 1.165) is 0 Å². The van der Waals surface area contributed by atoms with Crippen molar-refractivity contribution in [3.63, 3.8) is 0 Å². The number of sulfonamides is 1. The van der Waals surface area contributed by atoms with Crippen LogP contribution in [0.5, 0.6) is 5.88 Å². The van der Waals surface area contributed by atoms with Gasteiger partial charge in [-0.25, -0.2) is 23.1 Å². The standard InChI is InChI=1S/C12H14N4O3S/c1-19-11-5-4-9(7-15-11)8-16-20(17,18)10-3-2-6-14-12(10)13/h2-7,16H,8H2,1H3,(H2,13,14). The normalized spacial score (nSPS) is 11.2. The average molecular weight is 294 g/mol. The molecule has 0 bridgehead atoms. The number of methoxy groups -OCH3 is 1. The number of anilines is 1. The smallest absolute Gasteiger partial charge is 0.244 e. The number of pyridine rings is 2. The Hall–Kier alpha value is -2.19. The van der Waals surface area contributed by atoms with Crippen LogP contribution in [0.15, 0.2) is 41.6 Å². The first-order chi connectivity index (χ1) is 9.53. The molecule has 7 nitrogen and oxygen atoms in total. The molecule has 2 aromatic heterocycles. The van der Waals surface area contributed by atoms with Gasteiger partial charge in [-0.1, -0.05) is 6.07 Å². The number of nitrogens with zero attached hydrogens (tertiary/aromatic N) is 2. The van der Waals surface area contributed by atoms with Crippen molar-refractivity contribution in [2.45, 2.75) is 11.4 Å². The van der Waals surface area contributed by atoms with Gasteiger partial charge in [0.15, 0.2) is 0 Å². The van der Waals surface area contributed by atoms with Crippen molar-refractivity contribution in [1.29, 1.82) is 0 Å².